The molecular formula is C17H27BN2O2. The van der Waals surface area contributed by atoms with Crippen LogP contribution in [-0.2, 0) is 9.31 Å². The summed E-state index contributed by atoms with van der Waals surface area (Å²) in [5.41, 5.74) is 0.484. The fraction of sp³-hybridized carbons (Fsp3) is 0.647. The molecule has 0 aliphatic carbocycles. The van der Waals surface area contributed by atoms with Gasteiger partial charge >= 0.3 is 7.12 Å². The molecule has 4 nitrogen and oxygen atoms in total. The molecule has 2 aliphatic rings. The van der Waals surface area contributed by atoms with Crippen LogP contribution >= 0.6 is 0 Å². The Balaban J connectivity index is 1.71. The average molecular weight is 302 g/mol. The van der Waals surface area contributed by atoms with Crippen LogP contribution in [0.3, 0.4) is 0 Å². The topological polar surface area (TPSA) is 24.9 Å². The van der Waals surface area contributed by atoms with Crippen molar-refractivity contribution in [3.05, 3.63) is 30.3 Å². The van der Waals surface area contributed by atoms with Crippen LogP contribution in [0.4, 0.5) is 0 Å². The lowest BCUT2D eigenvalue weighted by atomic mass is 9.79. The van der Waals surface area contributed by atoms with Gasteiger partial charge in [0, 0.05) is 32.7 Å². The zero-order chi connectivity index (χ0) is 15.8. The summed E-state index contributed by atoms with van der Waals surface area (Å²) in [5, 5.41) is 0. The molecule has 1 aromatic rings. The van der Waals surface area contributed by atoms with Crippen molar-refractivity contribution in [3.8, 4) is 0 Å². The van der Waals surface area contributed by atoms with Crippen molar-refractivity contribution >= 4 is 12.6 Å². The van der Waals surface area contributed by atoms with Gasteiger partial charge in [0.15, 0.2) is 0 Å². The van der Waals surface area contributed by atoms with Gasteiger partial charge in [0.2, 0.25) is 0 Å². The van der Waals surface area contributed by atoms with E-state index in [1.54, 1.807) is 0 Å². The SMILES string of the molecule is CN1CCN(CC2(C)OB(c3ccccc3)OC2(C)C)CC1. The van der Waals surface area contributed by atoms with Crippen LogP contribution in [0, 0.1) is 0 Å². The van der Waals surface area contributed by atoms with Gasteiger partial charge in [-0.2, -0.15) is 0 Å². The molecule has 0 radical (unpaired) electrons. The quantitative estimate of drug-likeness (QED) is 0.784. The first-order valence-electron chi connectivity index (χ1n) is 8.21. The summed E-state index contributed by atoms with van der Waals surface area (Å²) in [6.45, 7) is 11.8. The number of benzene rings is 1. The summed E-state index contributed by atoms with van der Waals surface area (Å²) in [4.78, 5) is 4.88. The zero-order valence-corrected chi connectivity index (χ0v) is 14.2. The molecule has 1 unspecified atom stereocenters. The van der Waals surface area contributed by atoms with Crippen LogP contribution in [0.2, 0.25) is 0 Å². The number of hydrogen-bond donors (Lipinski definition) is 0. The van der Waals surface area contributed by atoms with Crippen LogP contribution in [0.25, 0.3) is 0 Å². The second-order valence-corrected chi connectivity index (χ2v) is 7.30. The highest BCUT2D eigenvalue weighted by Gasteiger charge is 2.55. The molecular weight excluding hydrogens is 275 g/mol. The van der Waals surface area contributed by atoms with Gasteiger partial charge in [-0.1, -0.05) is 30.3 Å². The van der Waals surface area contributed by atoms with Crippen LogP contribution in [0.5, 0.6) is 0 Å². The molecule has 120 valence electrons. The van der Waals surface area contributed by atoms with Crippen LogP contribution < -0.4 is 5.46 Å². The molecule has 0 bridgehead atoms. The standard InChI is InChI=1S/C17H27BN2O2/c1-16(2)17(3,14-20-12-10-19(4)11-13-20)22-18(21-16)15-8-6-5-7-9-15/h5-9H,10-14H2,1-4H3. The van der Waals surface area contributed by atoms with E-state index in [0.717, 1.165) is 38.2 Å². The highest BCUT2D eigenvalue weighted by atomic mass is 16.7. The molecule has 1 atom stereocenters. The third-order valence-corrected chi connectivity index (χ3v) is 5.24. The highest BCUT2D eigenvalue weighted by Crippen LogP contribution is 2.37. The molecule has 3 rings (SSSR count). The Morgan fingerprint density at radius 1 is 1.00 bits per heavy atom. The number of rotatable bonds is 3. The first-order chi connectivity index (χ1) is 10.4. The second-order valence-electron chi connectivity index (χ2n) is 7.30. The number of piperazine rings is 1. The van der Waals surface area contributed by atoms with Crippen LogP contribution in [0.15, 0.2) is 30.3 Å². The maximum atomic E-state index is 6.40. The Bertz CT molecular complexity index is 503. The van der Waals surface area contributed by atoms with Gasteiger partial charge in [-0.05, 0) is 33.3 Å². The lowest BCUT2D eigenvalue weighted by Gasteiger charge is -2.42. The highest BCUT2D eigenvalue weighted by molar-refractivity contribution is 6.62. The summed E-state index contributed by atoms with van der Waals surface area (Å²) in [5.74, 6) is 0. The molecule has 1 aromatic carbocycles. The van der Waals surface area contributed by atoms with Crippen molar-refractivity contribution < 1.29 is 9.31 Å². The minimum absolute atomic E-state index is 0.270. The fourth-order valence-corrected chi connectivity index (χ4v) is 3.20. The molecule has 2 heterocycles. The Morgan fingerprint density at radius 3 is 2.27 bits per heavy atom. The molecule has 0 N–H and O–H groups in total. The maximum Gasteiger partial charge on any atom is 0.494 e. The molecule has 2 saturated heterocycles. The molecule has 0 aromatic heterocycles. The van der Waals surface area contributed by atoms with Gasteiger partial charge < -0.3 is 14.2 Å². The number of nitrogens with zero attached hydrogens (tertiary/aromatic N) is 2. The van der Waals surface area contributed by atoms with Crippen molar-refractivity contribution in [2.24, 2.45) is 0 Å². The summed E-state index contributed by atoms with van der Waals surface area (Å²) in [7, 11) is 1.91. The van der Waals surface area contributed by atoms with Gasteiger partial charge in [0.25, 0.3) is 0 Å². The van der Waals surface area contributed by atoms with E-state index in [0.29, 0.717) is 0 Å². The largest absolute Gasteiger partial charge is 0.494 e. The van der Waals surface area contributed by atoms with Gasteiger partial charge in [0.1, 0.15) is 0 Å². The molecule has 2 aliphatic heterocycles. The molecule has 2 fully saturated rings. The van der Waals surface area contributed by atoms with E-state index in [4.69, 9.17) is 9.31 Å². The number of likely N-dealkylation sites (N-methyl/N-ethyl adjacent to an activating group) is 1. The third-order valence-electron chi connectivity index (χ3n) is 5.24. The smallest absolute Gasteiger partial charge is 0.399 e. The van der Waals surface area contributed by atoms with E-state index < -0.39 is 0 Å². The summed E-state index contributed by atoms with van der Waals surface area (Å²) < 4.78 is 12.7. The Morgan fingerprint density at radius 2 is 1.64 bits per heavy atom. The van der Waals surface area contributed by atoms with Crippen molar-refractivity contribution in [2.45, 2.75) is 32.0 Å². The summed E-state index contributed by atoms with van der Waals surface area (Å²) in [6, 6.07) is 10.2. The number of hydrogen-bond acceptors (Lipinski definition) is 4. The summed E-state index contributed by atoms with van der Waals surface area (Å²) in [6.07, 6.45) is 0. The molecule has 0 amide bonds. The third kappa shape index (κ3) is 3.09. The fourth-order valence-electron chi connectivity index (χ4n) is 3.20. The normalized spacial score (nSPS) is 29.9. The van der Waals surface area contributed by atoms with E-state index in [1.165, 1.54) is 0 Å². The Hall–Kier alpha value is -0.875. The minimum Gasteiger partial charge on any atom is -0.399 e. The molecule has 22 heavy (non-hydrogen) atoms. The first-order valence-corrected chi connectivity index (χ1v) is 8.21. The van der Waals surface area contributed by atoms with E-state index in [2.05, 4.69) is 49.8 Å². The van der Waals surface area contributed by atoms with Crippen molar-refractivity contribution in [2.75, 3.05) is 39.8 Å². The molecule has 0 spiro atoms. The van der Waals surface area contributed by atoms with Crippen LogP contribution in [-0.4, -0.2) is 67.9 Å². The minimum atomic E-state index is -0.309. The molecule has 5 heteroatoms. The average Bonchev–Trinajstić information content (AvgIpc) is 2.73. The van der Waals surface area contributed by atoms with E-state index in [9.17, 15) is 0 Å². The second kappa shape index (κ2) is 5.97. The van der Waals surface area contributed by atoms with Crippen LogP contribution in [0.1, 0.15) is 20.8 Å². The lowest BCUT2D eigenvalue weighted by Crippen LogP contribution is -2.56. The predicted molar refractivity (Wildman–Crippen MR) is 90.4 cm³/mol. The van der Waals surface area contributed by atoms with E-state index in [-0.39, 0.29) is 18.3 Å². The van der Waals surface area contributed by atoms with Crippen molar-refractivity contribution in [1.82, 2.24) is 9.80 Å². The summed E-state index contributed by atoms with van der Waals surface area (Å²) >= 11 is 0. The lowest BCUT2D eigenvalue weighted by molar-refractivity contribution is -0.0402. The predicted octanol–water partition coefficient (Wildman–Crippen LogP) is 1.21. The van der Waals surface area contributed by atoms with Gasteiger partial charge in [-0.3, -0.25) is 4.90 Å². The van der Waals surface area contributed by atoms with Gasteiger partial charge in [0.05, 0.1) is 11.2 Å². The molecule has 0 saturated carbocycles. The van der Waals surface area contributed by atoms with E-state index >= 15 is 0 Å². The first kappa shape index (κ1) is 16.0. The zero-order valence-electron chi connectivity index (χ0n) is 14.2. The Labute approximate surface area is 134 Å². The monoisotopic (exact) mass is 302 g/mol. The van der Waals surface area contributed by atoms with Gasteiger partial charge in [-0.15, -0.1) is 0 Å². The van der Waals surface area contributed by atoms with Gasteiger partial charge in [-0.25, -0.2) is 0 Å². The van der Waals surface area contributed by atoms with E-state index in [1.807, 2.05) is 18.2 Å². The van der Waals surface area contributed by atoms with Crippen molar-refractivity contribution in [1.29, 1.82) is 0 Å². The maximum absolute atomic E-state index is 6.40. The Kier molecular flexibility index (Phi) is 4.34. The van der Waals surface area contributed by atoms with Crippen molar-refractivity contribution in [3.63, 3.8) is 0 Å².